The molecular formula is C21H23N5OS. The second-order valence-corrected chi connectivity index (χ2v) is 8.40. The number of nitrogens with zero attached hydrogens (tertiary/aromatic N) is 4. The Morgan fingerprint density at radius 1 is 1.21 bits per heavy atom. The van der Waals surface area contributed by atoms with E-state index in [1.54, 1.807) is 6.20 Å². The lowest BCUT2D eigenvalue weighted by Crippen LogP contribution is -2.21. The number of carbonyl (C=O) groups is 1. The third kappa shape index (κ3) is 3.84. The largest absolute Gasteiger partial charge is 0.347 e. The minimum absolute atomic E-state index is 0.0657. The van der Waals surface area contributed by atoms with E-state index in [0.717, 1.165) is 33.9 Å². The molecule has 0 spiro atoms. The first-order chi connectivity index (χ1) is 13.5. The SMILES string of the molecule is CC(C)Cc1cc(-c2ccc(C(=O)NCc3ccn4ccnc4c3)s2)n(C)n1. The van der Waals surface area contributed by atoms with Crippen molar-refractivity contribution in [3.05, 3.63) is 65.1 Å². The molecule has 1 amide bonds. The van der Waals surface area contributed by atoms with Crippen LogP contribution in [0.5, 0.6) is 0 Å². The van der Waals surface area contributed by atoms with Crippen molar-refractivity contribution in [2.24, 2.45) is 13.0 Å². The molecule has 1 N–H and O–H groups in total. The van der Waals surface area contributed by atoms with Crippen LogP contribution in [0.15, 0.2) is 48.9 Å². The number of amides is 1. The zero-order valence-corrected chi connectivity index (χ0v) is 17.0. The van der Waals surface area contributed by atoms with Gasteiger partial charge in [-0.3, -0.25) is 9.48 Å². The topological polar surface area (TPSA) is 64.2 Å². The van der Waals surface area contributed by atoms with E-state index in [-0.39, 0.29) is 5.91 Å². The van der Waals surface area contributed by atoms with Crippen molar-refractivity contribution in [1.82, 2.24) is 24.5 Å². The fraction of sp³-hybridized carbons (Fsp3) is 0.286. The molecule has 144 valence electrons. The second-order valence-electron chi connectivity index (χ2n) is 7.32. The smallest absolute Gasteiger partial charge is 0.261 e. The van der Waals surface area contributed by atoms with Crippen LogP contribution < -0.4 is 5.32 Å². The first-order valence-electron chi connectivity index (χ1n) is 9.32. The van der Waals surface area contributed by atoms with E-state index in [2.05, 4.69) is 35.3 Å². The number of hydrogen-bond acceptors (Lipinski definition) is 4. The van der Waals surface area contributed by atoms with Gasteiger partial charge in [0, 0.05) is 32.2 Å². The molecule has 6 nitrogen and oxygen atoms in total. The first-order valence-corrected chi connectivity index (χ1v) is 10.1. The molecule has 0 aromatic carbocycles. The fourth-order valence-electron chi connectivity index (χ4n) is 3.20. The van der Waals surface area contributed by atoms with Gasteiger partial charge in [0.05, 0.1) is 21.1 Å². The summed E-state index contributed by atoms with van der Waals surface area (Å²) in [6, 6.07) is 9.95. The number of aryl methyl sites for hydroxylation is 1. The summed E-state index contributed by atoms with van der Waals surface area (Å²) < 4.78 is 3.84. The zero-order valence-electron chi connectivity index (χ0n) is 16.2. The molecule has 0 radical (unpaired) electrons. The Balaban J connectivity index is 1.44. The van der Waals surface area contributed by atoms with Gasteiger partial charge in [-0.2, -0.15) is 5.10 Å². The Kier molecular flexibility index (Phi) is 5.00. The van der Waals surface area contributed by atoms with Crippen molar-refractivity contribution in [2.75, 3.05) is 0 Å². The predicted octanol–water partition coefficient (Wildman–Crippen LogP) is 3.92. The van der Waals surface area contributed by atoms with Gasteiger partial charge in [0.25, 0.3) is 5.91 Å². The Hall–Kier alpha value is -2.93. The number of imidazole rings is 1. The minimum atomic E-state index is -0.0657. The number of aromatic nitrogens is 4. The van der Waals surface area contributed by atoms with E-state index < -0.39 is 0 Å². The lowest BCUT2D eigenvalue weighted by atomic mass is 10.1. The van der Waals surface area contributed by atoms with Gasteiger partial charge in [-0.25, -0.2) is 4.98 Å². The summed E-state index contributed by atoms with van der Waals surface area (Å²) in [6.07, 6.45) is 6.56. The summed E-state index contributed by atoms with van der Waals surface area (Å²) in [5.74, 6) is 0.498. The standard InChI is InChI=1S/C21H23N5OS/c1-14(2)10-16-12-17(25(3)24-16)18-4-5-19(28-18)21(27)23-13-15-6-8-26-9-7-22-20(26)11-15/h4-9,11-12,14H,10,13H2,1-3H3,(H,23,27). The second kappa shape index (κ2) is 7.59. The molecule has 4 heterocycles. The zero-order chi connectivity index (χ0) is 19.7. The van der Waals surface area contributed by atoms with Crippen molar-refractivity contribution in [2.45, 2.75) is 26.8 Å². The third-order valence-electron chi connectivity index (χ3n) is 4.55. The molecule has 0 bridgehead atoms. The van der Waals surface area contributed by atoms with Gasteiger partial charge in [-0.15, -0.1) is 11.3 Å². The van der Waals surface area contributed by atoms with Crippen molar-refractivity contribution in [1.29, 1.82) is 0 Å². The number of fused-ring (bicyclic) bond motifs is 1. The van der Waals surface area contributed by atoms with Crippen molar-refractivity contribution >= 4 is 22.9 Å². The average molecular weight is 394 g/mol. The Bertz CT molecular complexity index is 1120. The van der Waals surface area contributed by atoms with Crippen LogP contribution in [0.25, 0.3) is 16.2 Å². The number of pyridine rings is 1. The van der Waals surface area contributed by atoms with Crippen LogP contribution in [0.4, 0.5) is 0 Å². The summed E-state index contributed by atoms with van der Waals surface area (Å²) >= 11 is 1.49. The predicted molar refractivity (Wildman–Crippen MR) is 111 cm³/mol. The highest BCUT2D eigenvalue weighted by Crippen LogP contribution is 2.29. The van der Waals surface area contributed by atoms with Crippen LogP contribution >= 0.6 is 11.3 Å². The molecule has 0 aliphatic heterocycles. The Morgan fingerprint density at radius 2 is 2.07 bits per heavy atom. The van der Waals surface area contributed by atoms with Gasteiger partial charge in [0.1, 0.15) is 5.65 Å². The molecule has 4 aromatic rings. The van der Waals surface area contributed by atoms with Gasteiger partial charge in [0.2, 0.25) is 0 Å². The van der Waals surface area contributed by atoms with Gasteiger partial charge in [-0.1, -0.05) is 13.8 Å². The number of nitrogens with one attached hydrogen (secondary N) is 1. The Morgan fingerprint density at radius 3 is 2.89 bits per heavy atom. The number of rotatable bonds is 6. The lowest BCUT2D eigenvalue weighted by molar-refractivity contribution is 0.0955. The molecule has 0 unspecified atom stereocenters. The van der Waals surface area contributed by atoms with E-state index in [1.807, 2.05) is 52.8 Å². The van der Waals surface area contributed by atoms with Crippen LogP contribution in [-0.4, -0.2) is 25.1 Å². The summed E-state index contributed by atoms with van der Waals surface area (Å²) in [5, 5.41) is 7.59. The number of thiophene rings is 1. The lowest BCUT2D eigenvalue weighted by Gasteiger charge is -2.04. The van der Waals surface area contributed by atoms with Gasteiger partial charge >= 0.3 is 0 Å². The summed E-state index contributed by atoms with van der Waals surface area (Å²) in [6.45, 7) is 4.85. The molecule has 0 aliphatic rings. The van der Waals surface area contributed by atoms with Gasteiger partial charge in [-0.05, 0) is 48.2 Å². The van der Waals surface area contributed by atoms with Gasteiger partial charge in [0.15, 0.2) is 0 Å². The summed E-state index contributed by atoms with van der Waals surface area (Å²) in [7, 11) is 1.95. The maximum absolute atomic E-state index is 12.6. The monoisotopic (exact) mass is 393 g/mol. The molecule has 0 atom stereocenters. The van der Waals surface area contributed by atoms with E-state index in [0.29, 0.717) is 17.3 Å². The van der Waals surface area contributed by atoms with Crippen LogP contribution in [0.2, 0.25) is 0 Å². The van der Waals surface area contributed by atoms with E-state index >= 15 is 0 Å². The summed E-state index contributed by atoms with van der Waals surface area (Å²) in [4.78, 5) is 18.6. The number of hydrogen-bond donors (Lipinski definition) is 1. The molecule has 0 fully saturated rings. The fourth-order valence-corrected chi connectivity index (χ4v) is 4.17. The van der Waals surface area contributed by atoms with Gasteiger partial charge < -0.3 is 9.72 Å². The molecule has 4 rings (SSSR count). The first kappa shape index (κ1) is 18.4. The molecule has 28 heavy (non-hydrogen) atoms. The van der Waals surface area contributed by atoms with Crippen LogP contribution in [-0.2, 0) is 20.0 Å². The molecule has 4 aromatic heterocycles. The maximum Gasteiger partial charge on any atom is 0.261 e. The summed E-state index contributed by atoms with van der Waals surface area (Å²) in [5.41, 5.74) is 4.03. The number of carbonyl (C=O) groups excluding carboxylic acids is 1. The van der Waals surface area contributed by atoms with Crippen LogP contribution in [0.1, 0.15) is 34.8 Å². The quantitative estimate of drug-likeness (QED) is 0.540. The van der Waals surface area contributed by atoms with E-state index in [4.69, 9.17) is 0 Å². The van der Waals surface area contributed by atoms with Crippen molar-refractivity contribution in [3.8, 4) is 10.6 Å². The minimum Gasteiger partial charge on any atom is -0.347 e. The highest BCUT2D eigenvalue weighted by molar-refractivity contribution is 7.17. The molecule has 0 saturated carbocycles. The normalized spacial score (nSPS) is 11.4. The van der Waals surface area contributed by atoms with Crippen molar-refractivity contribution < 1.29 is 4.79 Å². The highest BCUT2D eigenvalue weighted by Gasteiger charge is 2.14. The molecule has 0 aliphatic carbocycles. The van der Waals surface area contributed by atoms with E-state index in [9.17, 15) is 4.79 Å². The van der Waals surface area contributed by atoms with Crippen molar-refractivity contribution in [3.63, 3.8) is 0 Å². The Labute approximate surface area is 167 Å². The average Bonchev–Trinajstić information content (AvgIpc) is 3.38. The van der Waals surface area contributed by atoms with Crippen LogP contribution in [0, 0.1) is 5.92 Å². The van der Waals surface area contributed by atoms with E-state index in [1.165, 1.54) is 11.3 Å². The highest BCUT2D eigenvalue weighted by atomic mass is 32.1. The molecule has 0 saturated heterocycles. The maximum atomic E-state index is 12.6. The molecule has 7 heteroatoms. The third-order valence-corrected chi connectivity index (χ3v) is 5.65. The van der Waals surface area contributed by atoms with Crippen LogP contribution in [0.3, 0.4) is 0 Å². The molecular weight excluding hydrogens is 370 g/mol.